The molecule has 2 heterocycles. The molecule has 26 heavy (non-hydrogen) atoms. The van der Waals surface area contributed by atoms with Crippen LogP contribution in [0.5, 0.6) is 5.75 Å². The molecular weight excluding hydrogens is 336 g/mol. The number of pyridine rings is 2. The number of nitrogens with zero attached hydrogens (tertiary/aromatic N) is 2. The number of aliphatic hydroxyl groups is 1. The topological polar surface area (TPSA) is 110 Å². The quantitative estimate of drug-likeness (QED) is 0.549. The molecule has 128 valence electrons. The summed E-state index contributed by atoms with van der Waals surface area (Å²) in [5.41, 5.74) is 0.0465. The van der Waals surface area contributed by atoms with Gasteiger partial charge in [-0.3, -0.25) is 4.98 Å². The lowest BCUT2D eigenvalue weighted by Gasteiger charge is -2.11. The maximum atomic E-state index is 12.4. The van der Waals surface area contributed by atoms with Crippen molar-refractivity contribution in [3.8, 4) is 17.6 Å². The number of carboxylic acid groups (broad SMARTS) is 1. The number of ether oxygens (including phenoxy) is 1. The van der Waals surface area contributed by atoms with Gasteiger partial charge in [0, 0.05) is 11.6 Å². The number of aliphatic hydroxyl groups excluding tert-OH is 1. The van der Waals surface area contributed by atoms with E-state index in [1.807, 2.05) is 0 Å². The molecule has 7 heteroatoms. The summed E-state index contributed by atoms with van der Waals surface area (Å²) < 4.78 is 5.32. The van der Waals surface area contributed by atoms with E-state index in [4.69, 9.17) is 9.84 Å². The number of benzene rings is 1. The van der Waals surface area contributed by atoms with Gasteiger partial charge >= 0.3 is 11.9 Å². The molecule has 0 unspecified atom stereocenters. The first-order valence-corrected chi connectivity index (χ1v) is 7.50. The number of aromatic nitrogens is 2. The van der Waals surface area contributed by atoms with E-state index in [2.05, 4.69) is 21.8 Å². The third kappa shape index (κ3) is 3.36. The first-order chi connectivity index (χ1) is 12.6. The zero-order chi connectivity index (χ0) is 18.5. The first kappa shape index (κ1) is 17.1. The highest BCUT2D eigenvalue weighted by molar-refractivity contribution is 6.01. The Hall–Kier alpha value is -3.76. The zero-order valence-corrected chi connectivity index (χ0v) is 13.3. The smallest absolute Gasteiger partial charge is 0.358 e. The Morgan fingerprint density at radius 3 is 2.58 bits per heavy atom. The fourth-order valence-corrected chi connectivity index (χ4v) is 2.30. The highest BCUT2D eigenvalue weighted by Crippen LogP contribution is 2.29. The Labute approximate surface area is 147 Å². The minimum Gasteiger partial charge on any atom is -0.476 e. The molecule has 2 N–H and O–H groups in total. The number of fused-ring (bicyclic) bond motifs is 1. The van der Waals surface area contributed by atoms with Gasteiger partial charge in [-0.25, -0.2) is 14.6 Å². The second-order valence-corrected chi connectivity index (χ2v) is 5.06. The summed E-state index contributed by atoms with van der Waals surface area (Å²) in [6.07, 6.45) is 1.44. The molecule has 0 aliphatic carbocycles. The van der Waals surface area contributed by atoms with Gasteiger partial charge < -0.3 is 14.9 Å². The summed E-state index contributed by atoms with van der Waals surface area (Å²) in [5.74, 6) is 2.65. The van der Waals surface area contributed by atoms with E-state index in [0.29, 0.717) is 5.39 Å². The van der Waals surface area contributed by atoms with E-state index in [1.165, 1.54) is 6.20 Å². The van der Waals surface area contributed by atoms with Gasteiger partial charge in [-0.05, 0) is 30.2 Å². The second kappa shape index (κ2) is 7.42. The summed E-state index contributed by atoms with van der Waals surface area (Å²) >= 11 is 0. The number of carbonyl (C=O) groups is 2. The van der Waals surface area contributed by atoms with Crippen molar-refractivity contribution in [2.75, 3.05) is 6.61 Å². The van der Waals surface area contributed by atoms with Crippen molar-refractivity contribution in [1.29, 1.82) is 0 Å². The van der Waals surface area contributed by atoms with E-state index in [0.717, 1.165) is 0 Å². The monoisotopic (exact) mass is 348 g/mol. The Balaban J connectivity index is 2.19. The van der Waals surface area contributed by atoms with E-state index in [9.17, 15) is 14.7 Å². The molecule has 0 saturated heterocycles. The molecule has 0 amide bonds. The highest BCUT2D eigenvalue weighted by Gasteiger charge is 2.23. The molecule has 3 rings (SSSR count). The van der Waals surface area contributed by atoms with Crippen LogP contribution in [0.3, 0.4) is 0 Å². The standard InChI is InChI=1S/C19H12N2O5/c22-11-5-9-14-13-8-4-10-20-15(13)17(16(21-14)18(23)24)26-19(25)12-6-2-1-3-7-12/h1-4,6-8,10,22H,11H2,(H,23,24). The SMILES string of the molecule is O=C(Oc1c(C(=O)O)nc(C#CCO)c2cccnc12)c1ccccc1. The minimum absolute atomic E-state index is 0.124. The van der Waals surface area contributed by atoms with E-state index >= 15 is 0 Å². The number of carbonyl (C=O) groups excluding carboxylic acids is 1. The minimum atomic E-state index is -1.39. The van der Waals surface area contributed by atoms with E-state index < -0.39 is 24.2 Å². The number of esters is 1. The molecule has 0 radical (unpaired) electrons. The third-order valence-electron chi connectivity index (χ3n) is 3.41. The van der Waals surface area contributed by atoms with Crippen molar-refractivity contribution in [2.24, 2.45) is 0 Å². The van der Waals surface area contributed by atoms with Gasteiger partial charge in [0.1, 0.15) is 17.8 Å². The van der Waals surface area contributed by atoms with Crippen LogP contribution in [0.15, 0.2) is 48.7 Å². The van der Waals surface area contributed by atoms with Crippen LogP contribution < -0.4 is 4.74 Å². The van der Waals surface area contributed by atoms with Crippen LogP contribution in [0.2, 0.25) is 0 Å². The lowest BCUT2D eigenvalue weighted by atomic mass is 10.1. The molecule has 0 fully saturated rings. The normalized spacial score (nSPS) is 10.0. The molecule has 7 nitrogen and oxygen atoms in total. The van der Waals surface area contributed by atoms with Gasteiger partial charge in [0.2, 0.25) is 0 Å². The van der Waals surface area contributed by atoms with Crippen molar-refractivity contribution >= 4 is 22.8 Å². The Kier molecular flexibility index (Phi) is 4.87. The summed E-state index contributed by atoms with van der Waals surface area (Å²) in [5, 5.41) is 18.8. The molecule has 3 aromatic rings. The maximum absolute atomic E-state index is 12.4. The Morgan fingerprint density at radius 2 is 1.88 bits per heavy atom. The molecule has 0 aliphatic heterocycles. The van der Waals surface area contributed by atoms with E-state index in [1.54, 1.807) is 42.5 Å². The van der Waals surface area contributed by atoms with Gasteiger partial charge in [-0.2, -0.15) is 0 Å². The van der Waals surface area contributed by atoms with Gasteiger partial charge in [-0.15, -0.1) is 0 Å². The van der Waals surface area contributed by atoms with Crippen LogP contribution >= 0.6 is 0 Å². The zero-order valence-electron chi connectivity index (χ0n) is 13.3. The fraction of sp³-hybridized carbons (Fsp3) is 0.0526. The molecule has 0 aliphatic rings. The molecule has 0 atom stereocenters. The number of rotatable bonds is 3. The largest absolute Gasteiger partial charge is 0.476 e. The van der Waals surface area contributed by atoms with Crippen molar-refractivity contribution in [3.63, 3.8) is 0 Å². The van der Waals surface area contributed by atoms with Gasteiger partial charge in [0.15, 0.2) is 11.4 Å². The maximum Gasteiger partial charge on any atom is 0.358 e. The van der Waals surface area contributed by atoms with E-state index in [-0.39, 0.29) is 22.5 Å². The predicted octanol–water partition coefficient (Wildman–Crippen LogP) is 1.89. The summed E-state index contributed by atoms with van der Waals surface area (Å²) in [4.78, 5) is 32.1. The number of hydrogen-bond acceptors (Lipinski definition) is 6. The van der Waals surface area contributed by atoms with Crippen molar-refractivity contribution in [2.45, 2.75) is 0 Å². The Bertz CT molecular complexity index is 1050. The number of carboxylic acids is 1. The lowest BCUT2D eigenvalue weighted by Crippen LogP contribution is -2.14. The average Bonchev–Trinajstić information content (AvgIpc) is 2.67. The van der Waals surface area contributed by atoms with Crippen LogP contribution in [-0.4, -0.2) is 38.7 Å². The highest BCUT2D eigenvalue weighted by atomic mass is 16.5. The van der Waals surface area contributed by atoms with Crippen LogP contribution in [0.25, 0.3) is 10.9 Å². The van der Waals surface area contributed by atoms with Crippen LogP contribution in [-0.2, 0) is 0 Å². The predicted molar refractivity (Wildman–Crippen MR) is 91.9 cm³/mol. The van der Waals surface area contributed by atoms with Crippen LogP contribution in [0, 0.1) is 11.8 Å². The van der Waals surface area contributed by atoms with Crippen molar-refractivity contribution < 1.29 is 24.5 Å². The fourth-order valence-electron chi connectivity index (χ4n) is 2.30. The first-order valence-electron chi connectivity index (χ1n) is 7.50. The molecular formula is C19H12N2O5. The Morgan fingerprint density at radius 1 is 1.12 bits per heavy atom. The van der Waals surface area contributed by atoms with Gasteiger partial charge in [0.25, 0.3) is 0 Å². The third-order valence-corrected chi connectivity index (χ3v) is 3.41. The number of aromatic carboxylic acids is 1. The van der Waals surface area contributed by atoms with Crippen LogP contribution in [0.4, 0.5) is 0 Å². The molecule has 2 aromatic heterocycles. The lowest BCUT2D eigenvalue weighted by molar-refractivity contribution is 0.0675. The molecule has 0 spiro atoms. The average molecular weight is 348 g/mol. The summed E-state index contributed by atoms with van der Waals surface area (Å²) in [6.45, 7) is -0.406. The molecule has 1 aromatic carbocycles. The second-order valence-electron chi connectivity index (χ2n) is 5.06. The van der Waals surface area contributed by atoms with Gasteiger partial charge in [0.05, 0.1) is 5.56 Å². The van der Waals surface area contributed by atoms with Crippen LogP contribution in [0.1, 0.15) is 26.5 Å². The number of hydrogen-bond donors (Lipinski definition) is 2. The van der Waals surface area contributed by atoms with Crippen molar-refractivity contribution in [3.05, 3.63) is 65.6 Å². The summed E-state index contributed by atoms with van der Waals surface area (Å²) in [7, 11) is 0. The summed E-state index contributed by atoms with van der Waals surface area (Å²) in [6, 6.07) is 11.4. The molecule has 0 saturated carbocycles. The molecule has 0 bridgehead atoms. The van der Waals surface area contributed by atoms with Crippen molar-refractivity contribution in [1.82, 2.24) is 9.97 Å². The van der Waals surface area contributed by atoms with Gasteiger partial charge in [-0.1, -0.05) is 24.1 Å².